The number of nitrogens with zero attached hydrogens (tertiary/aromatic N) is 1. The Morgan fingerprint density at radius 3 is 2.38 bits per heavy atom. The number of piperidine rings is 1. The second-order valence-electron chi connectivity index (χ2n) is 7.73. The quantitative estimate of drug-likeness (QED) is 0.411. The molecular weight excluding hydrogens is 489 g/mol. The molecule has 0 saturated carbocycles. The fourth-order valence-corrected chi connectivity index (χ4v) is 5.35. The van der Waals surface area contributed by atoms with Crippen molar-refractivity contribution in [1.82, 2.24) is 4.90 Å². The molecule has 172 valence electrons. The van der Waals surface area contributed by atoms with Gasteiger partial charge in [-0.25, -0.2) is 0 Å². The molecule has 2 aromatic rings. The molecule has 1 fully saturated rings. The number of hydrogen-bond acceptors (Lipinski definition) is 4. The number of aliphatic hydroxyl groups excluding tert-OH is 1. The van der Waals surface area contributed by atoms with Crippen molar-refractivity contribution < 1.29 is 14.6 Å². The average Bonchev–Trinajstić information content (AvgIpc) is 2.79. The Labute approximate surface area is 208 Å². The second kappa shape index (κ2) is 11.8. The van der Waals surface area contributed by atoms with Gasteiger partial charge in [-0.1, -0.05) is 59.2 Å². The number of aliphatic hydroxyl groups is 1. The number of amides is 1. The van der Waals surface area contributed by atoms with Crippen LogP contribution in [-0.2, 0) is 9.53 Å². The van der Waals surface area contributed by atoms with Crippen molar-refractivity contribution in [2.75, 3.05) is 26.3 Å². The smallest absolute Gasteiger partial charge is 0.253 e. The highest BCUT2D eigenvalue weighted by Gasteiger charge is 2.28. The maximum atomic E-state index is 13.0. The van der Waals surface area contributed by atoms with Crippen molar-refractivity contribution in [3.63, 3.8) is 0 Å². The van der Waals surface area contributed by atoms with Gasteiger partial charge in [0.2, 0.25) is 0 Å². The normalized spacial score (nSPS) is 15.6. The highest BCUT2D eigenvalue weighted by molar-refractivity contribution is 7.99. The summed E-state index contributed by atoms with van der Waals surface area (Å²) in [5.41, 5.74) is 1.13. The third kappa shape index (κ3) is 6.43. The molecule has 0 radical (unpaired) electrons. The Morgan fingerprint density at radius 2 is 1.78 bits per heavy atom. The summed E-state index contributed by atoms with van der Waals surface area (Å²) in [4.78, 5) is 16.5. The van der Waals surface area contributed by atoms with Gasteiger partial charge in [0.05, 0.1) is 29.4 Å². The van der Waals surface area contributed by atoms with E-state index in [4.69, 9.17) is 44.6 Å². The third-order valence-electron chi connectivity index (χ3n) is 5.62. The van der Waals surface area contributed by atoms with E-state index in [9.17, 15) is 4.79 Å². The largest absolute Gasteiger partial charge is 0.394 e. The molecule has 1 aliphatic heterocycles. The van der Waals surface area contributed by atoms with Crippen LogP contribution in [0.2, 0.25) is 15.1 Å². The van der Waals surface area contributed by atoms with E-state index in [1.807, 2.05) is 30.0 Å². The van der Waals surface area contributed by atoms with E-state index in [-0.39, 0.29) is 18.6 Å². The van der Waals surface area contributed by atoms with Crippen molar-refractivity contribution in [2.24, 2.45) is 5.92 Å². The number of benzene rings is 2. The van der Waals surface area contributed by atoms with Gasteiger partial charge >= 0.3 is 0 Å². The standard InChI is InChI=1S/C24H26Cl3NO3S/c1-15(24(30)28-9-7-17(8-10-28)16(2)31-12-11-29)18-3-5-22(20(26)13-18)32-23-6-4-19(25)14-21(23)27/h3-6,13-14,16-17,29H,1,7-12H2,2H3. The number of carbonyl (C=O) groups excluding carboxylic acids is 1. The molecule has 0 bridgehead atoms. The molecule has 0 aliphatic carbocycles. The van der Waals surface area contributed by atoms with E-state index >= 15 is 0 Å². The minimum Gasteiger partial charge on any atom is -0.394 e. The minimum absolute atomic E-state index is 0.0219. The van der Waals surface area contributed by atoms with Crippen molar-refractivity contribution in [3.8, 4) is 0 Å². The van der Waals surface area contributed by atoms with Crippen molar-refractivity contribution in [3.05, 3.63) is 63.6 Å². The van der Waals surface area contributed by atoms with Crippen molar-refractivity contribution in [2.45, 2.75) is 35.7 Å². The lowest BCUT2D eigenvalue weighted by atomic mass is 9.91. The van der Waals surface area contributed by atoms with Crippen LogP contribution in [0.15, 0.2) is 52.8 Å². The summed E-state index contributed by atoms with van der Waals surface area (Å²) in [6.45, 7) is 7.73. The summed E-state index contributed by atoms with van der Waals surface area (Å²) < 4.78 is 5.62. The SMILES string of the molecule is C=C(C(=O)N1CCC(C(C)OCCO)CC1)c1ccc(Sc2ccc(Cl)cc2Cl)c(Cl)c1. The van der Waals surface area contributed by atoms with Crippen LogP contribution >= 0.6 is 46.6 Å². The molecule has 4 nitrogen and oxygen atoms in total. The molecular formula is C24H26Cl3NO3S. The molecule has 1 aliphatic rings. The molecule has 1 heterocycles. The predicted molar refractivity (Wildman–Crippen MR) is 133 cm³/mol. The van der Waals surface area contributed by atoms with E-state index < -0.39 is 0 Å². The van der Waals surface area contributed by atoms with Gasteiger partial charge < -0.3 is 14.7 Å². The van der Waals surface area contributed by atoms with Crippen LogP contribution in [0.1, 0.15) is 25.3 Å². The van der Waals surface area contributed by atoms with Crippen LogP contribution in [0, 0.1) is 5.92 Å². The van der Waals surface area contributed by atoms with Gasteiger partial charge in [0.15, 0.2) is 0 Å². The van der Waals surface area contributed by atoms with E-state index in [1.54, 1.807) is 18.2 Å². The van der Waals surface area contributed by atoms with Crippen molar-refractivity contribution >= 4 is 58.0 Å². The van der Waals surface area contributed by atoms with Crippen molar-refractivity contribution in [1.29, 1.82) is 0 Å². The summed E-state index contributed by atoms with van der Waals surface area (Å²) in [6.07, 6.45) is 1.80. The van der Waals surface area contributed by atoms with Crippen LogP contribution in [-0.4, -0.2) is 48.3 Å². The Hall–Kier alpha value is -1.21. The molecule has 1 saturated heterocycles. The molecule has 3 rings (SSSR count). The fourth-order valence-electron chi connectivity index (χ4n) is 3.71. The van der Waals surface area contributed by atoms with E-state index in [0.717, 1.165) is 22.6 Å². The molecule has 8 heteroatoms. The lowest BCUT2D eigenvalue weighted by Crippen LogP contribution is -2.41. The number of likely N-dealkylation sites (tertiary alicyclic amines) is 1. The Balaban J connectivity index is 1.61. The first-order valence-corrected chi connectivity index (χ1v) is 12.4. The summed E-state index contributed by atoms with van der Waals surface area (Å²) in [5, 5.41) is 10.6. The zero-order valence-corrected chi connectivity index (χ0v) is 20.9. The predicted octanol–water partition coefficient (Wildman–Crippen LogP) is 6.45. The van der Waals surface area contributed by atoms with Gasteiger partial charge in [-0.15, -0.1) is 0 Å². The third-order valence-corrected chi connectivity index (χ3v) is 7.85. The van der Waals surface area contributed by atoms with Crippen LogP contribution in [0.3, 0.4) is 0 Å². The number of carbonyl (C=O) groups is 1. The van der Waals surface area contributed by atoms with Gasteiger partial charge in [-0.2, -0.15) is 0 Å². The highest BCUT2D eigenvalue weighted by atomic mass is 35.5. The number of rotatable bonds is 8. The van der Waals surface area contributed by atoms with Crippen LogP contribution in [0.4, 0.5) is 0 Å². The number of halogens is 3. The maximum absolute atomic E-state index is 13.0. The zero-order chi connectivity index (χ0) is 23.3. The highest BCUT2D eigenvalue weighted by Crippen LogP contribution is 2.39. The average molecular weight is 515 g/mol. The van der Waals surface area contributed by atoms with E-state index in [2.05, 4.69) is 6.58 Å². The Morgan fingerprint density at radius 1 is 1.16 bits per heavy atom. The molecule has 1 atom stereocenters. The topological polar surface area (TPSA) is 49.8 Å². The maximum Gasteiger partial charge on any atom is 0.253 e. The Bertz CT molecular complexity index is 977. The summed E-state index contributed by atoms with van der Waals surface area (Å²) >= 11 is 20.2. The van der Waals surface area contributed by atoms with Crippen LogP contribution in [0.5, 0.6) is 0 Å². The zero-order valence-electron chi connectivity index (χ0n) is 17.8. The second-order valence-corrected chi connectivity index (χ2v) is 10.1. The minimum atomic E-state index is -0.0791. The lowest BCUT2D eigenvalue weighted by molar-refractivity contribution is -0.127. The molecule has 1 unspecified atom stereocenters. The van der Waals surface area contributed by atoms with Gasteiger partial charge in [0.25, 0.3) is 5.91 Å². The van der Waals surface area contributed by atoms with Crippen LogP contribution < -0.4 is 0 Å². The molecule has 1 N–H and O–H groups in total. The molecule has 0 aromatic heterocycles. The van der Waals surface area contributed by atoms with E-state index in [1.165, 1.54) is 11.8 Å². The van der Waals surface area contributed by atoms with Gasteiger partial charge in [-0.3, -0.25) is 4.79 Å². The summed E-state index contributed by atoms with van der Waals surface area (Å²) in [6, 6.07) is 10.8. The number of hydrogen-bond donors (Lipinski definition) is 1. The van der Waals surface area contributed by atoms with E-state index in [0.29, 0.717) is 51.8 Å². The summed E-state index contributed by atoms with van der Waals surface area (Å²) in [7, 11) is 0. The number of ether oxygens (including phenoxy) is 1. The van der Waals surface area contributed by atoms with Gasteiger partial charge in [-0.05, 0) is 61.6 Å². The molecule has 0 spiro atoms. The first-order chi connectivity index (χ1) is 15.3. The first kappa shape index (κ1) is 25.4. The first-order valence-electron chi connectivity index (χ1n) is 10.4. The van der Waals surface area contributed by atoms with Gasteiger partial charge in [0, 0.05) is 33.5 Å². The molecule has 2 aromatic carbocycles. The van der Waals surface area contributed by atoms with Gasteiger partial charge in [0.1, 0.15) is 0 Å². The van der Waals surface area contributed by atoms with Crippen LogP contribution in [0.25, 0.3) is 5.57 Å². The fraction of sp³-hybridized carbons (Fsp3) is 0.375. The lowest BCUT2D eigenvalue weighted by Gasteiger charge is -2.35. The monoisotopic (exact) mass is 513 g/mol. The summed E-state index contributed by atoms with van der Waals surface area (Å²) in [5.74, 6) is 0.300. The molecule has 1 amide bonds. The Kier molecular flexibility index (Phi) is 9.35. The molecule has 32 heavy (non-hydrogen) atoms.